The molecule has 24 heavy (non-hydrogen) atoms. The number of rotatable bonds is 5. The van der Waals surface area contributed by atoms with E-state index in [0.29, 0.717) is 23.7 Å². The fraction of sp³-hybridized carbons (Fsp3) is 0.400. The van der Waals surface area contributed by atoms with Gasteiger partial charge in [0.05, 0.1) is 16.2 Å². The minimum atomic E-state index is -3.52. The van der Waals surface area contributed by atoms with Crippen molar-refractivity contribution in [2.75, 3.05) is 13.1 Å². The highest BCUT2D eigenvalue weighted by molar-refractivity contribution is 9.11. The van der Waals surface area contributed by atoms with Crippen LogP contribution >= 0.6 is 38.6 Å². The van der Waals surface area contributed by atoms with Gasteiger partial charge >= 0.3 is 0 Å². The average Bonchev–Trinajstić information content (AvgIpc) is 3.24. The van der Waals surface area contributed by atoms with Crippen LogP contribution in [0, 0.1) is 5.92 Å². The summed E-state index contributed by atoms with van der Waals surface area (Å²) in [5.74, 6) is -0.368. The molecule has 1 fully saturated rings. The number of nitrogens with zero attached hydrogens (tertiary/aromatic N) is 1. The number of piperidine rings is 1. The molecule has 9 heteroatoms. The van der Waals surface area contributed by atoms with Crippen molar-refractivity contribution in [1.29, 1.82) is 0 Å². The van der Waals surface area contributed by atoms with Gasteiger partial charge in [0.1, 0.15) is 4.21 Å². The molecule has 0 unspecified atom stereocenters. The van der Waals surface area contributed by atoms with E-state index >= 15 is 0 Å². The summed E-state index contributed by atoms with van der Waals surface area (Å²) in [6.07, 6.45) is 1.42. The summed E-state index contributed by atoms with van der Waals surface area (Å²) in [7, 11) is -3.52. The Hall–Kier alpha value is -0.740. The molecule has 0 radical (unpaired) electrons. The lowest BCUT2D eigenvalue weighted by Gasteiger charge is -2.30. The van der Waals surface area contributed by atoms with Crippen LogP contribution in [0.1, 0.15) is 17.7 Å². The molecule has 0 saturated carbocycles. The molecule has 1 amide bonds. The fourth-order valence-electron chi connectivity index (χ4n) is 2.67. The summed E-state index contributed by atoms with van der Waals surface area (Å²) in [6.45, 7) is 1.21. The van der Waals surface area contributed by atoms with Crippen LogP contribution in [0.25, 0.3) is 0 Å². The number of carbonyl (C=O) groups excluding carboxylic acids is 1. The second-order valence-corrected chi connectivity index (χ2v) is 11.2. The van der Waals surface area contributed by atoms with Crippen LogP contribution in [0.4, 0.5) is 0 Å². The largest absolute Gasteiger partial charge is 0.351 e. The first-order chi connectivity index (χ1) is 11.5. The predicted molar refractivity (Wildman–Crippen MR) is 99.7 cm³/mol. The van der Waals surface area contributed by atoms with Crippen LogP contribution in [-0.4, -0.2) is 31.7 Å². The van der Waals surface area contributed by atoms with Crippen molar-refractivity contribution in [1.82, 2.24) is 9.62 Å². The number of amides is 1. The summed E-state index contributed by atoms with van der Waals surface area (Å²) in [5.41, 5.74) is 0. The molecule has 2 aromatic heterocycles. The first-order valence-electron chi connectivity index (χ1n) is 7.52. The second-order valence-electron chi connectivity index (χ2n) is 5.56. The van der Waals surface area contributed by atoms with E-state index in [-0.39, 0.29) is 18.4 Å². The first kappa shape index (κ1) is 18.1. The molecule has 1 aliphatic heterocycles. The maximum absolute atomic E-state index is 12.7. The van der Waals surface area contributed by atoms with Crippen molar-refractivity contribution < 1.29 is 13.2 Å². The van der Waals surface area contributed by atoms with Gasteiger partial charge in [-0.1, -0.05) is 6.07 Å². The maximum atomic E-state index is 12.7. The van der Waals surface area contributed by atoms with E-state index in [2.05, 4.69) is 21.2 Å². The van der Waals surface area contributed by atoms with E-state index in [1.165, 1.54) is 15.6 Å². The summed E-state index contributed by atoms with van der Waals surface area (Å²) in [6, 6.07) is 7.24. The zero-order chi connectivity index (χ0) is 17.2. The van der Waals surface area contributed by atoms with E-state index in [1.54, 1.807) is 23.5 Å². The van der Waals surface area contributed by atoms with Crippen molar-refractivity contribution in [3.8, 4) is 0 Å². The Kier molecular flexibility index (Phi) is 5.76. The van der Waals surface area contributed by atoms with Gasteiger partial charge in [-0.3, -0.25) is 4.79 Å². The Morgan fingerprint density at radius 2 is 2.21 bits per heavy atom. The molecule has 2 aromatic rings. The van der Waals surface area contributed by atoms with Gasteiger partial charge in [-0.15, -0.1) is 22.7 Å². The number of halogens is 1. The molecule has 0 bridgehead atoms. The lowest BCUT2D eigenvalue weighted by Crippen LogP contribution is -2.45. The number of nitrogens with one attached hydrogen (secondary N) is 1. The zero-order valence-electron chi connectivity index (χ0n) is 12.8. The summed E-state index contributed by atoms with van der Waals surface area (Å²) < 4.78 is 27.9. The second kappa shape index (κ2) is 7.65. The smallest absolute Gasteiger partial charge is 0.252 e. The summed E-state index contributed by atoms with van der Waals surface area (Å²) in [4.78, 5) is 13.5. The molecule has 1 saturated heterocycles. The van der Waals surface area contributed by atoms with Gasteiger partial charge in [0.15, 0.2) is 0 Å². The molecule has 0 spiro atoms. The minimum absolute atomic E-state index is 0.0735. The van der Waals surface area contributed by atoms with Gasteiger partial charge in [-0.05, 0) is 52.4 Å². The molecule has 1 atom stereocenters. The predicted octanol–water partition coefficient (Wildman–Crippen LogP) is 3.29. The van der Waals surface area contributed by atoms with Crippen molar-refractivity contribution >= 4 is 54.5 Å². The third kappa shape index (κ3) is 4.08. The first-order valence-corrected chi connectivity index (χ1v) is 11.5. The average molecular weight is 449 g/mol. The highest BCUT2D eigenvalue weighted by Crippen LogP contribution is 2.30. The number of sulfonamides is 1. The Balaban J connectivity index is 1.64. The van der Waals surface area contributed by atoms with E-state index in [0.717, 1.165) is 15.1 Å². The highest BCUT2D eigenvalue weighted by atomic mass is 79.9. The Bertz CT molecular complexity index is 802. The van der Waals surface area contributed by atoms with Crippen molar-refractivity contribution in [2.24, 2.45) is 5.92 Å². The van der Waals surface area contributed by atoms with Crippen molar-refractivity contribution in [3.05, 3.63) is 38.3 Å². The highest BCUT2D eigenvalue weighted by Gasteiger charge is 2.33. The van der Waals surface area contributed by atoms with E-state index < -0.39 is 10.0 Å². The van der Waals surface area contributed by atoms with Gasteiger partial charge in [-0.25, -0.2) is 8.42 Å². The standard InChI is InChI=1S/C15H17BrN2O3S3/c16-13-5-6-14(23-13)24(20,21)18-7-1-3-11(10-18)15(19)17-9-12-4-2-8-22-12/h2,4-6,8,11H,1,3,7,9-10H2,(H,17,19)/t11-/m1/s1. The van der Waals surface area contributed by atoms with Crippen LogP contribution in [0.15, 0.2) is 37.6 Å². The molecule has 5 nitrogen and oxygen atoms in total. The number of hydrogen-bond acceptors (Lipinski definition) is 5. The molecule has 3 heterocycles. The van der Waals surface area contributed by atoms with Gasteiger partial charge in [0.25, 0.3) is 10.0 Å². The van der Waals surface area contributed by atoms with Gasteiger partial charge < -0.3 is 5.32 Å². The van der Waals surface area contributed by atoms with E-state index in [4.69, 9.17) is 0 Å². The number of thiophene rings is 2. The van der Waals surface area contributed by atoms with Gasteiger partial charge in [0, 0.05) is 18.0 Å². The van der Waals surface area contributed by atoms with Crippen molar-refractivity contribution in [3.63, 3.8) is 0 Å². The molecular weight excluding hydrogens is 432 g/mol. The van der Waals surface area contributed by atoms with Crippen LogP contribution in [0.5, 0.6) is 0 Å². The normalized spacial score (nSPS) is 19.3. The fourth-order valence-corrected chi connectivity index (χ4v) is 7.00. The third-order valence-electron chi connectivity index (χ3n) is 3.91. The Morgan fingerprint density at radius 3 is 2.88 bits per heavy atom. The molecule has 1 N–H and O–H groups in total. The van der Waals surface area contributed by atoms with Gasteiger partial charge in [-0.2, -0.15) is 4.31 Å². The number of carbonyl (C=O) groups is 1. The van der Waals surface area contributed by atoms with Crippen LogP contribution in [0.2, 0.25) is 0 Å². The molecule has 1 aliphatic rings. The molecule has 0 aliphatic carbocycles. The van der Waals surface area contributed by atoms with E-state index in [9.17, 15) is 13.2 Å². The number of hydrogen-bond donors (Lipinski definition) is 1. The lowest BCUT2D eigenvalue weighted by molar-refractivity contribution is -0.126. The zero-order valence-corrected chi connectivity index (χ0v) is 16.8. The molecule has 3 rings (SSSR count). The molecular formula is C15H17BrN2O3S3. The van der Waals surface area contributed by atoms with Crippen LogP contribution in [0.3, 0.4) is 0 Å². The van der Waals surface area contributed by atoms with E-state index in [1.807, 2.05) is 17.5 Å². The van der Waals surface area contributed by atoms with Crippen LogP contribution in [-0.2, 0) is 21.4 Å². The molecule has 130 valence electrons. The monoisotopic (exact) mass is 448 g/mol. The summed E-state index contributed by atoms with van der Waals surface area (Å²) in [5, 5.41) is 4.88. The SMILES string of the molecule is O=C(NCc1cccs1)[C@@H]1CCCN(S(=O)(=O)c2ccc(Br)s2)C1. The van der Waals surface area contributed by atoms with Crippen molar-refractivity contribution in [2.45, 2.75) is 23.6 Å². The maximum Gasteiger partial charge on any atom is 0.252 e. The quantitative estimate of drug-likeness (QED) is 0.762. The topological polar surface area (TPSA) is 66.5 Å². The Morgan fingerprint density at radius 1 is 1.38 bits per heavy atom. The third-order valence-corrected chi connectivity index (χ3v) is 8.75. The minimum Gasteiger partial charge on any atom is -0.351 e. The lowest BCUT2D eigenvalue weighted by atomic mass is 9.99. The van der Waals surface area contributed by atoms with Gasteiger partial charge in [0.2, 0.25) is 5.91 Å². The summed E-state index contributed by atoms with van der Waals surface area (Å²) >= 11 is 6.08. The molecule has 0 aromatic carbocycles. The Labute approximate surface area is 157 Å². The van der Waals surface area contributed by atoms with Crippen LogP contribution < -0.4 is 5.32 Å².